The molecule has 2 aromatic rings. The second-order valence-electron chi connectivity index (χ2n) is 10.0. The first-order valence-corrected chi connectivity index (χ1v) is 11.9. The summed E-state index contributed by atoms with van der Waals surface area (Å²) in [6.07, 6.45) is 2.74. The maximum absolute atomic E-state index is 13.3. The minimum Gasteiger partial charge on any atom is -0.481 e. The molecule has 7 heteroatoms. The minimum absolute atomic E-state index is 0.0659. The number of aliphatic carboxylic acids is 1. The number of fused-ring (bicyclic) bond motifs is 3. The van der Waals surface area contributed by atoms with Crippen LogP contribution in [0.4, 0.5) is 4.79 Å². The number of rotatable bonds is 7. The Morgan fingerprint density at radius 2 is 1.53 bits per heavy atom. The van der Waals surface area contributed by atoms with Crippen LogP contribution in [0.2, 0.25) is 0 Å². The molecule has 0 unspecified atom stereocenters. The van der Waals surface area contributed by atoms with E-state index in [1.807, 2.05) is 24.3 Å². The number of carboxylic acids is 1. The number of amides is 2. The average molecular weight is 465 g/mol. The maximum atomic E-state index is 13.3. The summed E-state index contributed by atoms with van der Waals surface area (Å²) in [5.74, 6) is -1.41. The lowest BCUT2D eigenvalue weighted by molar-refractivity contribution is -0.139. The average Bonchev–Trinajstić information content (AvgIpc) is 3.11. The normalized spacial score (nSPS) is 16.8. The van der Waals surface area contributed by atoms with E-state index in [9.17, 15) is 14.4 Å². The summed E-state index contributed by atoms with van der Waals surface area (Å²) in [5, 5.41) is 14.9. The molecule has 0 spiro atoms. The Kier molecular flexibility index (Phi) is 6.64. The molecule has 0 saturated heterocycles. The minimum atomic E-state index is -1.10. The molecule has 0 aliphatic heterocycles. The van der Waals surface area contributed by atoms with Gasteiger partial charge in [-0.1, -0.05) is 67.8 Å². The van der Waals surface area contributed by atoms with Crippen molar-refractivity contribution in [2.45, 2.75) is 69.4 Å². The molecule has 180 valence electrons. The van der Waals surface area contributed by atoms with Gasteiger partial charge in [-0.15, -0.1) is 0 Å². The lowest BCUT2D eigenvalue weighted by Crippen LogP contribution is -2.63. The summed E-state index contributed by atoms with van der Waals surface area (Å²) in [6, 6.07) is 16.2. The van der Waals surface area contributed by atoms with Crippen molar-refractivity contribution in [2.75, 3.05) is 6.61 Å². The van der Waals surface area contributed by atoms with Gasteiger partial charge in [0.05, 0.1) is 6.42 Å². The summed E-state index contributed by atoms with van der Waals surface area (Å²) >= 11 is 0. The van der Waals surface area contributed by atoms with E-state index < -0.39 is 23.1 Å². The zero-order valence-electron chi connectivity index (χ0n) is 19.7. The highest BCUT2D eigenvalue weighted by molar-refractivity contribution is 5.91. The molecule has 2 aliphatic carbocycles. The van der Waals surface area contributed by atoms with Gasteiger partial charge in [0, 0.05) is 11.5 Å². The van der Waals surface area contributed by atoms with Gasteiger partial charge < -0.3 is 20.5 Å². The third-order valence-corrected chi connectivity index (χ3v) is 6.87. The molecule has 0 aromatic heterocycles. The zero-order chi connectivity index (χ0) is 24.3. The van der Waals surface area contributed by atoms with E-state index in [2.05, 4.69) is 34.9 Å². The quantitative estimate of drug-likeness (QED) is 0.556. The van der Waals surface area contributed by atoms with E-state index in [1.165, 1.54) is 0 Å². The van der Waals surface area contributed by atoms with E-state index in [-0.39, 0.29) is 24.9 Å². The van der Waals surface area contributed by atoms with Crippen LogP contribution in [0.25, 0.3) is 11.1 Å². The Morgan fingerprint density at radius 1 is 0.971 bits per heavy atom. The van der Waals surface area contributed by atoms with Crippen LogP contribution in [-0.2, 0) is 14.3 Å². The zero-order valence-corrected chi connectivity index (χ0v) is 19.7. The van der Waals surface area contributed by atoms with Crippen molar-refractivity contribution in [3.63, 3.8) is 0 Å². The van der Waals surface area contributed by atoms with Gasteiger partial charge >= 0.3 is 12.1 Å². The van der Waals surface area contributed by atoms with Gasteiger partial charge in [-0.2, -0.15) is 0 Å². The summed E-state index contributed by atoms with van der Waals surface area (Å²) in [7, 11) is 0. The lowest BCUT2D eigenvalue weighted by atomic mass is 9.80. The van der Waals surface area contributed by atoms with E-state index in [1.54, 1.807) is 13.8 Å². The maximum Gasteiger partial charge on any atom is 0.408 e. The molecular formula is C27H32N2O5. The Bertz CT molecular complexity index is 1040. The van der Waals surface area contributed by atoms with Crippen LogP contribution < -0.4 is 10.6 Å². The van der Waals surface area contributed by atoms with Gasteiger partial charge in [-0.3, -0.25) is 9.59 Å². The van der Waals surface area contributed by atoms with Gasteiger partial charge in [0.2, 0.25) is 5.91 Å². The molecule has 0 radical (unpaired) electrons. The van der Waals surface area contributed by atoms with Crippen LogP contribution in [0.3, 0.4) is 0 Å². The van der Waals surface area contributed by atoms with Crippen molar-refractivity contribution >= 4 is 18.0 Å². The molecule has 0 bridgehead atoms. The third kappa shape index (κ3) is 4.93. The van der Waals surface area contributed by atoms with Crippen molar-refractivity contribution in [1.29, 1.82) is 0 Å². The fourth-order valence-corrected chi connectivity index (χ4v) is 5.24. The Balaban J connectivity index is 1.46. The fourth-order valence-electron chi connectivity index (χ4n) is 5.24. The van der Waals surface area contributed by atoms with Gasteiger partial charge in [-0.05, 0) is 48.9 Å². The highest BCUT2D eigenvalue weighted by Crippen LogP contribution is 2.44. The standard InChI is InChI=1S/C27H32N2O5/c1-26(2,16-23(30)31)28-24(32)27(14-8-3-9-15-27)29-25(33)34-17-22-20-12-6-4-10-18(20)19-11-5-7-13-21(19)22/h4-7,10-13,22H,3,8-9,14-17H2,1-2H3,(H,28,32)(H,29,33)(H,30,31). The number of carboxylic acid groups (broad SMARTS) is 1. The first kappa shape index (κ1) is 23.8. The fraction of sp³-hybridized carbons (Fsp3) is 0.444. The SMILES string of the molecule is CC(C)(CC(=O)O)NC(=O)C1(NC(=O)OCC2c3ccccc3-c3ccccc32)CCCCC1. The summed E-state index contributed by atoms with van der Waals surface area (Å²) in [6.45, 7) is 3.51. The van der Waals surface area contributed by atoms with E-state index >= 15 is 0 Å². The number of carbonyl (C=O) groups is 3. The molecule has 4 rings (SSSR count). The van der Waals surface area contributed by atoms with Crippen LogP contribution in [0.5, 0.6) is 0 Å². The van der Waals surface area contributed by atoms with Crippen molar-refractivity contribution in [3.05, 3.63) is 59.7 Å². The molecule has 3 N–H and O–H groups in total. The number of ether oxygens (including phenoxy) is 1. The van der Waals surface area contributed by atoms with Crippen LogP contribution >= 0.6 is 0 Å². The van der Waals surface area contributed by atoms with E-state index in [4.69, 9.17) is 9.84 Å². The molecule has 0 heterocycles. The number of carbonyl (C=O) groups excluding carboxylic acids is 2. The van der Waals surface area contributed by atoms with Gasteiger partial charge in [0.15, 0.2) is 0 Å². The predicted molar refractivity (Wildman–Crippen MR) is 128 cm³/mol. The van der Waals surface area contributed by atoms with Gasteiger partial charge in [0.1, 0.15) is 12.1 Å². The molecule has 2 aromatic carbocycles. The molecule has 2 aliphatic rings. The monoisotopic (exact) mass is 464 g/mol. The highest BCUT2D eigenvalue weighted by atomic mass is 16.5. The van der Waals surface area contributed by atoms with Crippen LogP contribution in [0.15, 0.2) is 48.5 Å². The molecular weight excluding hydrogens is 432 g/mol. The summed E-state index contributed by atoms with van der Waals surface area (Å²) in [5.41, 5.74) is 2.51. The van der Waals surface area contributed by atoms with Crippen molar-refractivity contribution in [2.24, 2.45) is 0 Å². The molecule has 34 heavy (non-hydrogen) atoms. The van der Waals surface area contributed by atoms with Crippen molar-refractivity contribution in [1.82, 2.24) is 10.6 Å². The second kappa shape index (κ2) is 9.49. The number of alkyl carbamates (subject to hydrolysis) is 1. The largest absolute Gasteiger partial charge is 0.481 e. The molecule has 1 saturated carbocycles. The lowest BCUT2D eigenvalue weighted by Gasteiger charge is -2.39. The Labute approximate surface area is 199 Å². The number of hydrogen-bond donors (Lipinski definition) is 3. The number of hydrogen-bond acceptors (Lipinski definition) is 4. The topological polar surface area (TPSA) is 105 Å². The Morgan fingerprint density at radius 3 is 2.09 bits per heavy atom. The Hall–Kier alpha value is -3.35. The second-order valence-corrected chi connectivity index (χ2v) is 10.0. The summed E-state index contributed by atoms with van der Waals surface area (Å²) in [4.78, 5) is 37.4. The molecule has 7 nitrogen and oxygen atoms in total. The third-order valence-electron chi connectivity index (χ3n) is 6.87. The smallest absolute Gasteiger partial charge is 0.408 e. The van der Waals surface area contributed by atoms with E-state index in [0.717, 1.165) is 41.5 Å². The molecule has 1 fully saturated rings. The first-order valence-electron chi connectivity index (χ1n) is 11.9. The van der Waals surface area contributed by atoms with E-state index in [0.29, 0.717) is 12.8 Å². The summed E-state index contributed by atoms with van der Waals surface area (Å²) < 4.78 is 5.69. The predicted octanol–water partition coefficient (Wildman–Crippen LogP) is 4.60. The van der Waals surface area contributed by atoms with Gasteiger partial charge in [-0.25, -0.2) is 4.79 Å². The van der Waals surface area contributed by atoms with Crippen LogP contribution in [0, 0.1) is 0 Å². The highest BCUT2D eigenvalue weighted by Gasteiger charge is 2.43. The molecule has 0 atom stereocenters. The van der Waals surface area contributed by atoms with Crippen molar-refractivity contribution < 1.29 is 24.2 Å². The van der Waals surface area contributed by atoms with Gasteiger partial charge in [0.25, 0.3) is 0 Å². The van der Waals surface area contributed by atoms with Crippen LogP contribution in [0.1, 0.15) is 69.4 Å². The first-order chi connectivity index (χ1) is 16.2. The number of benzene rings is 2. The van der Waals surface area contributed by atoms with Crippen molar-refractivity contribution in [3.8, 4) is 11.1 Å². The number of nitrogens with one attached hydrogen (secondary N) is 2. The van der Waals surface area contributed by atoms with Crippen LogP contribution in [-0.4, -0.2) is 40.8 Å². The molecule has 2 amide bonds.